The van der Waals surface area contributed by atoms with Gasteiger partial charge in [0.15, 0.2) is 11.6 Å². The van der Waals surface area contributed by atoms with Gasteiger partial charge in [-0.3, -0.25) is 9.80 Å². The summed E-state index contributed by atoms with van der Waals surface area (Å²) >= 11 is 3.30. The molecule has 0 radical (unpaired) electrons. The molecule has 10 nitrogen and oxygen atoms in total. The first-order chi connectivity index (χ1) is 21.6. The molecule has 0 bridgehead atoms. The van der Waals surface area contributed by atoms with Crippen LogP contribution in [0.15, 0.2) is 83.6 Å². The molecule has 1 fully saturated rings. The van der Waals surface area contributed by atoms with Gasteiger partial charge in [0.1, 0.15) is 11.6 Å². The third kappa shape index (κ3) is 6.06. The fraction of sp³-hybridized carbons (Fsp3) is 0.267. The van der Waals surface area contributed by atoms with Crippen molar-refractivity contribution in [2.24, 2.45) is 0 Å². The standard InChI is InChI=1S/C30H28F2N10S2/c31-23-9-5-21(6-10-23)27(29-33-35-37-41(29)19-25-3-1-17-43-25)39-13-15-40(16-14-39)28(22-7-11-24(32)12-8-22)30-34-36-38-42(30)20-26-4-2-18-44-26/h1-12,17-18,27-28H,13-16,19-20H2/t27-,28+. The second kappa shape index (κ2) is 12.8. The van der Waals surface area contributed by atoms with Gasteiger partial charge in [-0.05, 0) is 79.1 Å². The van der Waals surface area contributed by atoms with Gasteiger partial charge in [0.2, 0.25) is 0 Å². The maximum Gasteiger partial charge on any atom is 0.173 e. The van der Waals surface area contributed by atoms with E-state index in [1.165, 1.54) is 24.3 Å². The first-order valence-electron chi connectivity index (χ1n) is 14.2. The SMILES string of the molecule is Fc1ccc([C@H](c2nnnn2Cc2cccs2)N2CCN([C@@H](c3ccc(F)cc3)c3nnnn3Cc3cccs3)CC2)cc1. The molecule has 2 atom stereocenters. The van der Waals surface area contributed by atoms with E-state index in [1.54, 1.807) is 46.9 Å². The summed E-state index contributed by atoms with van der Waals surface area (Å²) in [6.45, 7) is 3.82. The second-order valence-electron chi connectivity index (χ2n) is 10.5. The van der Waals surface area contributed by atoms with Crippen LogP contribution in [0.1, 0.15) is 44.6 Å². The van der Waals surface area contributed by atoms with Crippen LogP contribution >= 0.6 is 22.7 Å². The lowest BCUT2D eigenvalue weighted by Gasteiger charge is -2.41. The van der Waals surface area contributed by atoms with Crippen molar-refractivity contribution in [2.45, 2.75) is 25.2 Å². The fourth-order valence-corrected chi connectivity index (χ4v) is 7.10. The van der Waals surface area contributed by atoms with Gasteiger partial charge in [-0.15, -0.1) is 32.9 Å². The second-order valence-corrected chi connectivity index (χ2v) is 12.6. The molecule has 0 N–H and O–H groups in total. The summed E-state index contributed by atoms with van der Waals surface area (Å²) < 4.78 is 31.6. The lowest BCUT2D eigenvalue weighted by Crippen LogP contribution is -2.50. The van der Waals surface area contributed by atoms with Gasteiger partial charge in [-0.1, -0.05) is 36.4 Å². The summed E-state index contributed by atoms with van der Waals surface area (Å²) in [4.78, 5) is 6.94. The van der Waals surface area contributed by atoms with Gasteiger partial charge in [0.25, 0.3) is 0 Å². The normalized spacial score (nSPS) is 15.9. The molecule has 14 heteroatoms. The van der Waals surface area contributed by atoms with E-state index in [0.717, 1.165) is 20.9 Å². The van der Waals surface area contributed by atoms with Crippen LogP contribution < -0.4 is 0 Å². The van der Waals surface area contributed by atoms with Gasteiger partial charge in [0, 0.05) is 35.9 Å². The third-order valence-electron chi connectivity index (χ3n) is 7.83. The molecule has 1 aliphatic heterocycles. The highest BCUT2D eigenvalue weighted by molar-refractivity contribution is 7.10. The van der Waals surface area contributed by atoms with Crippen LogP contribution in [0.4, 0.5) is 8.78 Å². The fourth-order valence-electron chi connectivity index (χ4n) is 5.73. The van der Waals surface area contributed by atoms with Crippen molar-refractivity contribution in [3.05, 3.63) is 128 Å². The number of hydrogen-bond donors (Lipinski definition) is 0. The van der Waals surface area contributed by atoms with Crippen LogP contribution in [0, 0.1) is 11.6 Å². The minimum Gasteiger partial charge on any atom is -0.287 e. The maximum absolute atomic E-state index is 14.0. The van der Waals surface area contributed by atoms with Gasteiger partial charge < -0.3 is 0 Å². The quantitative estimate of drug-likeness (QED) is 0.216. The van der Waals surface area contributed by atoms with Crippen LogP contribution in [0.2, 0.25) is 0 Å². The van der Waals surface area contributed by atoms with Gasteiger partial charge in [-0.2, -0.15) is 0 Å². The monoisotopic (exact) mass is 630 g/mol. The Balaban J connectivity index is 1.18. The van der Waals surface area contributed by atoms with Crippen molar-refractivity contribution >= 4 is 22.7 Å². The molecule has 2 aromatic carbocycles. The molecule has 7 rings (SSSR count). The molecule has 224 valence electrons. The molecule has 0 unspecified atom stereocenters. The molecule has 0 amide bonds. The number of tetrazole rings is 2. The zero-order valence-electron chi connectivity index (χ0n) is 23.5. The maximum atomic E-state index is 14.0. The van der Waals surface area contributed by atoms with Gasteiger partial charge >= 0.3 is 0 Å². The Morgan fingerprint density at radius 2 is 1.00 bits per heavy atom. The molecule has 0 spiro atoms. The molecule has 1 aliphatic rings. The predicted molar refractivity (Wildman–Crippen MR) is 162 cm³/mol. The van der Waals surface area contributed by atoms with E-state index in [4.69, 9.17) is 0 Å². The highest BCUT2D eigenvalue weighted by Crippen LogP contribution is 2.33. The Kier molecular flexibility index (Phi) is 8.29. The van der Waals surface area contributed by atoms with Crippen molar-refractivity contribution < 1.29 is 8.78 Å². The smallest absolute Gasteiger partial charge is 0.173 e. The third-order valence-corrected chi connectivity index (χ3v) is 9.55. The molecular formula is C30H28F2N10S2. The molecule has 4 aromatic heterocycles. The van der Waals surface area contributed by atoms with E-state index in [-0.39, 0.29) is 23.7 Å². The van der Waals surface area contributed by atoms with Crippen LogP contribution in [0.25, 0.3) is 0 Å². The Hall–Kier alpha value is -4.24. The van der Waals surface area contributed by atoms with E-state index < -0.39 is 0 Å². The lowest BCUT2D eigenvalue weighted by atomic mass is 10.0. The molecular weight excluding hydrogens is 603 g/mol. The highest BCUT2D eigenvalue weighted by Gasteiger charge is 2.35. The average Bonchev–Trinajstić information content (AvgIpc) is 3.88. The van der Waals surface area contributed by atoms with Crippen LogP contribution in [0.5, 0.6) is 0 Å². The van der Waals surface area contributed by atoms with E-state index >= 15 is 0 Å². The van der Waals surface area contributed by atoms with Crippen LogP contribution in [-0.2, 0) is 13.1 Å². The van der Waals surface area contributed by atoms with Crippen molar-refractivity contribution in [3.63, 3.8) is 0 Å². The topological polar surface area (TPSA) is 93.7 Å². The average molecular weight is 631 g/mol. The summed E-state index contributed by atoms with van der Waals surface area (Å²) in [6, 6.07) is 20.7. The first kappa shape index (κ1) is 28.5. The zero-order valence-corrected chi connectivity index (χ0v) is 25.2. The van der Waals surface area contributed by atoms with E-state index in [2.05, 4.69) is 53.0 Å². The predicted octanol–water partition coefficient (Wildman–Crippen LogP) is 4.65. The molecule has 44 heavy (non-hydrogen) atoms. The molecule has 0 aliphatic carbocycles. The van der Waals surface area contributed by atoms with Crippen molar-refractivity contribution in [2.75, 3.05) is 26.2 Å². The zero-order chi connectivity index (χ0) is 29.9. The number of piperazine rings is 1. The van der Waals surface area contributed by atoms with Crippen molar-refractivity contribution in [1.29, 1.82) is 0 Å². The van der Waals surface area contributed by atoms with Crippen molar-refractivity contribution in [3.8, 4) is 0 Å². The number of rotatable bonds is 10. The number of thiophene rings is 2. The molecule has 5 heterocycles. The highest BCUT2D eigenvalue weighted by atomic mass is 32.1. The lowest BCUT2D eigenvalue weighted by molar-refractivity contribution is 0.0825. The van der Waals surface area contributed by atoms with Crippen LogP contribution in [-0.4, -0.2) is 76.4 Å². The Morgan fingerprint density at radius 3 is 1.36 bits per heavy atom. The van der Waals surface area contributed by atoms with Crippen LogP contribution in [0.3, 0.4) is 0 Å². The summed E-state index contributed by atoms with van der Waals surface area (Å²) in [6.07, 6.45) is 0. The van der Waals surface area contributed by atoms with E-state index in [9.17, 15) is 8.78 Å². The Bertz CT molecular complexity index is 1630. The first-order valence-corrected chi connectivity index (χ1v) is 15.9. The van der Waals surface area contributed by atoms with Gasteiger partial charge in [0.05, 0.1) is 25.2 Å². The number of hydrogen-bond acceptors (Lipinski definition) is 10. The minimum atomic E-state index is -0.294. The summed E-state index contributed by atoms with van der Waals surface area (Å²) in [5, 5.41) is 29.7. The largest absolute Gasteiger partial charge is 0.287 e. The number of nitrogens with zero attached hydrogens (tertiary/aromatic N) is 10. The minimum absolute atomic E-state index is 0.277. The van der Waals surface area contributed by atoms with E-state index in [1.807, 2.05) is 32.3 Å². The summed E-state index contributed by atoms with van der Waals surface area (Å²) in [5.74, 6) is 0.817. The number of aromatic nitrogens is 8. The molecule has 0 saturated carbocycles. The summed E-state index contributed by atoms with van der Waals surface area (Å²) in [5.41, 5.74) is 1.83. The molecule has 6 aromatic rings. The number of benzene rings is 2. The number of halogens is 2. The Morgan fingerprint density at radius 1 is 0.591 bits per heavy atom. The molecule has 1 saturated heterocycles. The Labute approximate surface area is 260 Å². The van der Waals surface area contributed by atoms with E-state index in [0.29, 0.717) is 50.9 Å². The van der Waals surface area contributed by atoms with Gasteiger partial charge in [-0.25, -0.2) is 18.1 Å². The summed E-state index contributed by atoms with van der Waals surface area (Å²) in [7, 11) is 0. The van der Waals surface area contributed by atoms with Crippen molar-refractivity contribution in [1.82, 2.24) is 50.2 Å².